The fraction of sp³-hybridized carbons (Fsp3) is 0. The molecule has 14 rings (SSSR count). The molecule has 0 aliphatic rings. The summed E-state index contributed by atoms with van der Waals surface area (Å²) in [4.78, 5) is 30.0. The fourth-order valence-corrected chi connectivity index (χ4v) is 10.7. The van der Waals surface area contributed by atoms with Crippen molar-refractivity contribution in [1.29, 1.82) is 10.5 Å². The summed E-state index contributed by atoms with van der Waals surface area (Å²) in [5.74, 6) is 2.63. The Bertz CT molecular complexity index is 4430. The highest BCUT2D eigenvalue weighted by Crippen LogP contribution is 2.42. The summed E-state index contributed by atoms with van der Waals surface area (Å²) in [5.41, 5.74) is 10.7. The van der Waals surface area contributed by atoms with Crippen LogP contribution in [0.3, 0.4) is 0 Å². The predicted octanol–water partition coefficient (Wildman–Crippen LogP) is 15.8. The van der Waals surface area contributed by atoms with Crippen LogP contribution in [0.15, 0.2) is 237 Å². The molecule has 0 spiro atoms. The Hall–Kier alpha value is -11.3. The average molecular weight is 1020 g/mol. The summed E-state index contributed by atoms with van der Waals surface area (Å²) < 4.78 is 20.7. The van der Waals surface area contributed by atoms with E-state index in [1.165, 1.54) is 6.07 Å². The average Bonchev–Trinajstić information content (AvgIpc) is 4.10. The number of nitrogens with zero attached hydrogens (tertiary/aromatic N) is 10. The minimum atomic E-state index is -0.566. The fourth-order valence-electron chi connectivity index (χ4n) is 10.7. The summed E-state index contributed by atoms with van der Waals surface area (Å²) in [6, 6.07) is 80.8. The maximum absolute atomic E-state index is 16.6. The zero-order valence-electron chi connectivity index (χ0n) is 41.9. The van der Waals surface area contributed by atoms with Gasteiger partial charge < -0.3 is 9.13 Å². The second-order valence-corrected chi connectivity index (χ2v) is 19.1. The molecule has 4 heterocycles. The van der Waals surface area contributed by atoms with E-state index in [1.54, 1.807) is 12.1 Å². The SMILES string of the molecule is N#Cc1ccc(-c2cc(-n3c4ccccc4c4cc(-c5nc(-c6ccccc6)nc(-c6ccccc6)n5)ccc43)c(C#N)c(-n3c4ccccc4c4cc(-c5nc(-c6ccccc6)nc(-c6ccccc6)n5)ccc43)c2)c(F)c1. The first-order valence-corrected chi connectivity index (χ1v) is 25.6. The normalized spacial score (nSPS) is 11.3. The van der Waals surface area contributed by atoms with E-state index in [4.69, 9.17) is 29.9 Å². The van der Waals surface area contributed by atoms with Crippen molar-refractivity contribution in [2.75, 3.05) is 0 Å². The highest BCUT2D eigenvalue weighted by molar-refractivity contribution is 6.12. The molecule has 0 aliphatic carbocycles. The third-order valence-electron chi connectivity index (χ3n) is 14.4. The molecule has 0 fully saturated rings. The molecule has 79 heavy (non-hydrogen) atoms. The Morgan fingerprint density at radius 3 is 1.03 bits per heavy atom. The van der Waals surface area contributed by atoms with Gasteiger partial charge in [-0.05, 0) is 78.4 Å². The van der Waals surface area contributed by atoms with Gasteiger partial charge in [0.2, 0.25) is 0 Å². The van der Waals surface area contributed by atoms with Gasteiger partial charge in [0.25, 0.3) is 0 Å². The summed E-state index contributed by atoms with van der Waals surface area (Å²) in [7, 11) is 0. The minimum absolute atomic E-state index is 0.196. The molecule has 0 N–H and O–H groups in total. The van der Waals surface area contributed by atoms with Crippen LogP contribution in [-0.4, -0.2) is 39.0 Å². The van der Waals surface area contributed by atoms with E-state index >= 15 is 4.39 Å². The molecule has 10 nitrogen and oxygen atoms in total. The van der Waals surface area contributed by atoms with Crippen molar-refractivity contribution in [3.8, 4) is 103 Å². The maximum Gasteiger partial charge on any atom is 0.164 e. The predicted molar refractivity (Wildman–Crippen MR) is 309 cm³/mol. The van der Waals surface area contributed by atoms with Gasteiger partial charge in [-0.25, -0.2) is 34.3 Å². The van der Waals surface area contributed by atoms with Crippen LogP contribution in [0.1, 0.15) is 11.1 Å². The number of para-hydroxylation sites is 2. The van der Waals surface area contributed by atoms with Crippen molar-refractivity contribution >= 4 is 43.6 Å². The molecular weight excluding hydrogens is 976 g/mol. The van der Waals surface area contributed by atoms with E-state index in [2.05, 4.69) is 45.5 Å². The number of benzene rings is 10. The van der Waals surface area contributed by atoms with Crippen LogP contribution < -0.4 is 0 Å². The van der Waals surface area contributed by atoms with E-state index in [0.717, 1.165) is 77.0 Å². The van der Waals surface area contributed by atoms with Gasteiger partial charge in [0.1, 0.15) is 17.4 Å². The largest absolute Gasteiger partial charge is 0.308 e. The summed E-state index contributed by atoms with van der Waals surface area (Å²) in [6.45, 7) is 0. The second kappa shape index (κ2) is 19.1. The first-order valence-electron chi connectivity index (χ1n) is 25.6. The molecular formula is C68H39FN10. The molecule has 11 heteroatoms. The minimum Gasteiger partial charge on any atom is -0.308 e. The number of aromatic nitrogens is 8. The van der Waals surface area contributed by atoms with Crippen LogP contribution in [0.25, 0.3) is 134 Å². The molecule has 4 aromatic heterocycles. The first kappa shape index (κ1) is 46.3. The maximum atomic E-state index is 16.6. The molecule has 0 radical (unpaired) electrons. The highest BCUT2D eigenvalue weighted by atomic mass is 19.1. The number of fused-ring (bicyclic) bond motifs is 6. The molecule has 368 valence electrons. The van der Waals surface area contributed by atoms with Crippen molar-refractivity contribution in [1.82, 2.24) is 39.0 Å². The first-order chi connectivity index (χ1) is 39.0. The highest BCUT2D eigenvalue weighted by Gasteiger charge is 2.25. The molecule has 0 saturated carbocycles. The van der Waals surface area contributed by atoms with E-state index in [0.29, 0.717) is 57.4 Å². The zero-order valence-corrected chi connectivity index (χ0v) is 41.9. The molecule has 0 amide bonds. The second-order valence-electron chi connectivity index (χ2n) is 19.1. The van der Waals surface area contributed by atoms with Crippen LogP contribution in [0.5, 0.6) is 0 Å². The van der Waals surface area contributed by atoms with Gasteiger partial charge in [-0.1, -0.05) is 164 Å². The van der Waals surface area contributed by atoms with Crippen LogP contribution >= 0.6 is 0 Å². The van der Waals surface area contributed by atoms with Gasteiger partial charge in [-0.15, -0.1) is 0 Å². The smallest absolute Gasteiger partial charge is 0.164 e. The van der Waals surface area contributed by atoms with Gasteiger partial charge in [0.05, 0.1) is 45.1 Å². The summed E-state index contributed by atoms with van der Waals surface area (Å²) >= 11 is 0. The number of hydrogen-bond donors (Lipinski definition) is 0. The Morgan fingerprint density at radius 1 is 0.304 bits per heavy atom. The standard InChI is InChI=1S/C68H39FN10/c69-56-35-42(40-70)29-32-50(56)49-38-61(78-57-27-15-13-25-51(57)53-36-47(30-33-59(53)78)67-74-63(43-17-5-1-6-18-43)72-64(75-67)44-19-7-2-8-20-44)55(41-71)62(39-49)79-58-28-16-14-26-52(58)54-37-48(31-34-60(54)79)68-76-65(45-21-9-3-10-22-45)73-66(77-68)46-23-11-4-12-24-46/h1-39H. The molecule has 14 aromatic rings. The number of halogens is 1. The van der Waals surface area contributed by atoms with Crippen molar-refractivity contribution in [2.45, 2.75) is 0 Å². The Kier molecular flexibility index (Phi) is 11.2. The third kappa shape index (κ3) is 8.11. The van der Waals surface area contributed by atoms with Gasteiger partial charge in [-0.2, -0.15) is 10.5 Å². The number of hydrogen-bond acceptors (Lipinski definition) is 8. The van der Waals surface area contributed by atoms with Crippen molar-refractivity contribution in [3.05, 3.63) is 254 Å². The van der Waals surface area contributed by atoms with Gasteiger partial charge >= 0.3 is 0 Å². The molecule has 10 aromatic carbocycles. The Morgan fingerprint density at radius 2 is 0.658 bits per heavy atom. The molecule has 0 bridgehead atoms. The molecule has 0 atom stereocenters. The lowest BCUT2D eigenvalue weighted by atomic mass is 9.98. The van der Waals surface area contributed by atoms with Crippen LogP contribution in [0.2, 0.25) is 0 Å². The lowest BCUT2D eigenvalue weighted by molar-refractivity contribution is 0.631. The van der Waals surface area contributed by atoms with E-state index in [-0.39, 0.29) is 11.1 Å². The lowest BCUT2D eigenvalue weighted by Gasteiger charge is -2.19. The van der Waals surface area contributed by atoms with Crippen molar-refractivity contribution < 1.29 is 4.39 Å². The number of rotatable bonds is 9. The zero-order chi connectivity index (χ0) is 53.0. The monoisotopic (exact) mass is 1010 g/mol. The van der Waals surface area contributed by atoms with Crippen LogP contribution in [0.4, 0.5) is 4.39 Å². The number of nitriles is 2. The molecule has 0 unspecified atom stereocenters. The van der Waals surface area contributed by atoms with Gasteiger partial charge in [0.15, 0.2) is 34.9 Å². The van der Waals surface area contributed by atoms with Gasteiger partial charge in [-0.3, -0.25) is 0 Å². The molecule has 0 aliphatic heterocycles. The van der Waals surface area contributed by atoms with Crippen molar-refractivity contribution in [3.63, 3.8) is 0 Å². The lowest BCUT2D eigenvalue weighted by Crippen LogP contribution is -2.05. The van der Waals surface area contributed by atoms with Crippen molar-refractivity contribution in [2.24, 2.45) is 0 Å². The topological polar surface area (TPSA) is 135 Å². The Labute approximate surface area is 452 Å². The van der Waals surface area contributed by atoms with Crippen LogP contribution in [0, 0.1) is 28.5 Å². The van der Waals surface area contributed by atoms with Crippen LogP contribution in [-0.2, 0) is 0 Å². The van der Waals surface area contributed by atoms with Gasteiger partial charge in [0, 0.05) is 60.5 Å². The summed E-state index contributed by atoms with van der Waals surface area (Å²) in [5, 5.41) is 25.1. The molecule has 0 saturated heterocycles. The summed E-state index contributed by atoms with van der Waals surface area (Å²) in [6.07, 6.45) is 0. The third-order valence-corrected chi connectivity index (χ3v) is 14.4. The van der Waals surface area contributed by atoms with E-state index in [9.17, 15) is 10.5 Å². The quantitative estimate of drug-likeness (QED) is 0.139. The Balaban J connectivity index is 0.994. The van der Waals surface area contributed by atoms with E-state index in [1.807, 2.05) is 194 Å². The van der Waals surface area contributed by atoms with E-state index < -0.39 is 5.82 Å².